The van der Waals surface area contributed by atoms with E-state index in [4.69, 9.17) is 4.98 Å². The number of urea groups is 1. The van der Waals surface area contributed by atoms with Crippen molar-refractivity contribution in [3.05, 3.63) is 60.3 Å². The third-order valence-corrected chi connectivity index (χ3v) is 7.17. The maximum absolute atomic E-state index is 13.3. The number of rotatable bonds is 3. The summed E-state index contributed by atoms with van der Waals surface area (Å²) < 4.78 is 0. The summed E-state index contributed by atoms with van der Waals surface area (Å²) in [4.78, 5) is 38.7. The zero-order valence-corrected chi connectivity index (χ0v) is 17.4. The van der Waals surface area contributed by atoms with Gasteiger partial charge in [-0.1, -0.05) is 24.3 Å². The lowest BCUT2D eigenvalue weighted by Crippen LogP contribution is -2.63. The van der Waals surface area contributed by atoms with Gasteiger partial charge in [0.05, 0.1) is 52.6 Å². The lowest BCUT2D eigenvalue weighted by Gasteiger charge is -2.47. The van der Waals surface area contributed by atoms with Crippen LogP contribution in [-0.4, -0.2) is 56.1 Å². The van der Waals surface area contributed by atoms with Crippen molar-refractivity contribution in [1.82, 2.24) is 14.9 Å². The Bertz CT molecular complexity index is 1210. The van der Waals surface area contributed by atoms with Gasteiger partial charge in [0.15, 0.2) is 0 Å². The molecule has 4 atom stereocenters. The minimum absolute atomic E-state index is 0.0732. The Hall–Kier alpha value is -3.68. The van der Waals surface area contributed by atoms with Crippen molar-refractivity contribution >= 4 is 34.5 Å². The zero-order valence-electron chi connectivity index (χ0n) is 17.4. The van der Waals surface area contributed by atoms with Gasteiger partial charge < -0.3 is 20.2 Å². The van der Waals surface area contributed by atoms with Crippen LogP contribution in [0.2, 0.25) is 0 Å². The quantitative estimate of drug-likeness (QED) is 0.658. The molecule has 0 saturated carbocycles. The number of carboxylic acids is 1. The molecular formula is C24H23N5O3. The Labute approximate surface area is 184 Å². The average Bonchev–Trinajstić information content (AvgIpc) is 3.34. The molecule has 3 aromatic rings. The van der Waals surface area contributed by atoms with Crippen LogP contribution in [0.25, 0.3) is 11.0 Å². The van der Waals surface area contributed by atoms with Gasteiger partial charge in [0.1, 0.15) is 5.82 Å². The third-order valence-electron chi connectivity index (χ3n) is 7.17. The third kappa shape index (κ3) is 2.82. The van der Waals surface area contributed by atoms with Crippen LogP contribution >= 0.6 is 0 Å². The highest BCUT2D eigenvalue weighted by Crippen LogP contribution is 2.47. The Morgan fingerprint density at radius 2 is 1.50 bits per heavy atom. The molecule has 4 heterocycles. The molecule has 162 valence electrons. The maximum Gasteiger partial charge on any atom is 0.337 e. The summed E-state index contributed by atoms with van der Waals surface area (Å²) in [7, 11) is 0. The molecule has 3 fully saturated rings. The van der Waals surface area contributed by atoms with Gasteiger partial charge in [-0.05, 0) is 49.9 Å². The molecule has 0 aliphatic carbocycles. The van der Waals surface area contributed by atoms with E-state index >= 15 is 0 Å². The number of carboxylic acid groups (broad SMARTS) is 1. The van der Waals surface area contributed by atoms with Crippen molar-refractivity contribution in [3.8, 4) is 0 Å². The molecule has 4 bridgehead atoms. The van der Waals surface area contributed by atoms with E-state index in [0.717, 1.165) is 42.5 Å². The number of para-hydroxylation sites is 3. The summed E-state index contributed by atoms with van der Waals surface area (Å²) >= 11 is 0. The molecule has 0 spiro atoms. The number of anilines is 2. The Balaban J connectivity index is 1.29. The monoisotopic (exact) mass is 429 g/mol. The van der Waals surface area contributed by atoms with Gasteiger partial charge in [0.25, 0.3) is 0 Å². The number of nitrogens with one attached hydrogen (secondary N) is 1. The number of piperazine rings is 1. The van der Waals surface area contributed by atoms with Gasteiger partial charge in [-0.3, -0.25) is 4.98 Å². The standard InChI is InChI=1S/C24H23N5O3/c30-23(31)14-5-1-2-6-15(14)27-24(32)29-20-11-12-21(29)19-10-9-18(20)28(19)22-13-25-16-7-3-4-8-17(16)26-22/h1-8,13,18-21H,9-12H2,(H,27,32)(H,30,31)/t18-,19+,20-,21+. The van der Waals surface area contributed by atoms with Gasteiger partial charge >= 0.3 is 12.0 Å². The Morgan fingerprint density at radius 1 is 0.875 bits per heavy atom. The number of benzene rings is 2. The molecule has 2 amide bonds. The largest absolute Gasteiger partial charge is 0.478 e. The average molecular weight is 429 g/mol. The second-order valence-electron chi connectivity index (χ2n) is 8.74. The van der Waals surface area contributed by atoms with Crippen LogP contribution in [0.5, 0.6) is 0 Å². The fourth-order valence-corrected chi connectivity index (χ4v) is 5.91. The molecule has 8 nitrogen and oxygen atoms in total. The molecule has 3 aliphatic heterocycles. The number of hydrogen-bond donors (Lipinski definition) is 2. The van der Waals surface area contributed by atoms with Crippen molar-refractivity contribution in [2.75, 3.05) is 10.2 Å². The number of aromatic nitrogens is 2. The SMILES string of the molecule is O=C(O)c1ccccc1NC(=O)N1[C@@H]2CC[C@H]1[C@@H]1CC[C@H]2N1c1cnc2ccccc2n1. The highest BCUT2D eigenvalue weighted by molar-refractivity contribution is 6.00. The number of aromatic carboxylic acids is 1. The van der Waals surface area contributed by atoms with E-state index in [1.807, 2.05) is 35.4 Å². The Kier molecular flexibility index (Phi) is 4.28. The van der Waals surface area contributed by atoms with Crippen molar-refractivity contribution < 1.29 is 14.7 Å². The second-order valence-corrected chi connectivity index (χ2v) is 8.74. The summed E-state index contributed by atoms with van der Waals surface area (Å²) in [5, 5.41) is 12.3. The molecule has 3 saturated heterocycles. The molecule has 1 aromatic heterocycles. The molecule has 6 rings (SSSR count). The van der Waals surface area contributed by atoms with E-state index in [2.05, 4.69) is 15.2 Å². The fraction of sp³-hybridized carbons (Fsp3) is 0.333. The van der Waals surface area contributed by atoms with E-state index < -0.39 is 5.97 Å². The number of fused-ring (bicyclic) bond motifs is 7. The summed E-state index contributed by atoms with van der Waals surface area (Å²) in [6.07, 6.45) is 5.76. The molecule has 8 heteroatoms. The van der Waals surface area contributed by atoms with Gasteiger partial charge in [-0.15, -0.1) is 0 Å². The maximum atomic E-state index is 13.3. The number of hydrogen-bond acceptors (Lipinski definition) is 5. The fourth-order valence-electron chi connectivity index (χ4n) is 5.91. The van der Waals surface area contributed by atoms with E-state index in [0.29, 0.717) is 5.69 Å². The number of carbonyl (C=O) groups excluding carboxylic acids is 1. The summed E-state index contributed by atoms with van der Waals surface area (Å²) in [6, 6.07) is 14.7. The molecule has 3 aliphatic rings. The minimum Gasteiger partial charge on any atom is -0.478 e. The zero-order chi connectivity index (χ0) is 21.8. The summed E-state index contributed by atoms with van der Waals surface area (Å²) in [6.45, 7) is 0. The topological polar surface area (TPSA) is 98.7 Å². The molecular weight excluding hydrogens is 406 g/mol. The predicted molar refractivity (Wildman–Crippen MR) is 120 cm³/mol. The van der Waals surface area contributed by atoms with Gasteiger partial charge in [-0.2, -0.15) is 0 Å². The van der Waals surface area contributed by atoms with E-state index in [1.165, 1.54) is 6.07 Å². The van der Waals surface area contributed by atoms with Crippen molar-refractivity contribution in [1.29, 1.82) is 0 Å². The first-order chi connectivity index (χ1) is 15.6. The second kappa shape index (κ2) is 7.19. The lowest BCUT2D eigenvalue weighted by atomic mass is 10.0. The minimum atomic E-state index is -1.05. The summed E-state index contributed by atoms with van der Waals surface area (Å²) in [5.74, 6) is -0.173. The molecule has 0 unspecified atom stereocenters. The van der Waals surface area contributed by atoms with Gasteiger partial charge in [0, 0.05) is 0 Å². The number of amides is 2. The first-order valence-corrected chi connectivity index (χ1v) is 11.0. The van der Waals surface area contributed by atoms with Crippen molar-refractivity contribution in [2.24, 2.45) is 0 Å². The van der Waals surface area contributed by atoms with E-state index in [9.17, 15) is 14.7 Å². The van der Waals surface area contributed by atoms with Crippen LogP contribution in [0.1, 0.15) is 36.0 Å². The molecule has 32 heavy (non-hydrogen) atoms. The number of nitrogens with zero attached hydrogens (tertiary/aromatic N) is 4. The van der Waals surface area contributed by atoms with Crippen LogP contribution < -0.4 is 10.2 Å². The van der Waals surface area contributed by atoms with Crippen LogP contribution in [-0.2, 0) is 0 Å². The van der Waals surface area contributed by atoms with E-state index in [-0.39, 0.29) is 35.8 Å². The van der Waals surface area contributed by atoms with Gasteiger partial charge in [0.2, 0.25) is 0 Å². The van der Waals surface area contributed by atoms with Crippen molar-refractivity contribution in [3.63, 3.8) is 0 Å². The van der Waals surface area contributed by atoms with Crippen LogP contribution in [0.3, 0.4) is 0 Å². The summed E-state index contributed by atoms with van der Waals surface area (Å²) in [5.41, 5.74) is 2.18. The molecule has 2 N–H and O–H groups in total. The van der Waals surface area contributed by atoms with Crippen LogP contribution in [0.4, 0.5) is 16.3 Å². The van der Waals surface area contributed by atoms with Gasteiger partial charge in [-0.25, -0.2) is 14.6 Å². The number of carbonyl (C=O) groups is 2. The smallest absolute Gasteiger partial charge is 0.337 e. The van der Waals surface area contributed by atoms with Crippen molar-refractivity contribution in [2.45, 2.75) is 49.9 Å². The van der Waals surface area contributed by atoms with Crippen LogP contribution in [0.15, 0.2) is 54.7 Å². The van der Waals surface area contributed by atoms with E-state index in [1.54, 1.807) is 18.2 Å². The Morgan fingerprint density at radius 3 is 2.22 bits per heavy atom. The highest BCUT2D eigenvalue weighted by Gasteiger charge is 2.57. The first kappa shape index (κ1) is 19.0. The first-order valence-electron chi connectivity index (χ1n) is 11.0. The molecule has 2 aromatic carbocycles. The predicted octanol–water partition coefficient (Wildman–Crippen LogP) is 3.74. The lowest BCUT2D eigenvalue weighted by molar-refractivity contribution is 0.0698. The normalized spacial score (nSPS) is 25.9. The molecule has 0 radical (unpaired) electrons. The highest BCUT2D eigenvalue weighted by atomic mass is 16.4. The van der Waals surface area contributed by atoms with Crippen LogP contribution in [0, 0.1) is 0 Å².